The number of rotatable bonds is 6. The van der Waals surface area contributed by atoms with Gasteiger partial charge in [-0.15, -0.1) is 0 Å². The molecule has 1 saturated heterocycles. The topological polar surface area (TPSA) is 65.1 Å². The Hall–Kier alpha value is -3.48. The van der Waals surface area contributed by atoms with Crippen molar-refractivity contribution in [3.63, 3.8) is 0 Å². The number of piperazine rings is 1. The molecule has 0 bridgehead atoms. The number of H-pyrrole nitrogens is 1. The first-order valence-corrected chi connectivity index (χ1v) is 12.1. The van der Waals surface area contributed by atoms with Crippen molar-refractivity contribution in [2.45, 2.75) is 13.3 Å². The number of anilines is 1. The van der Waals surface area contributed by atoms with Crippen molar-refractivity contribution in [1.29, 1.82) is 0 Å². The summed E-state index contributed by atoms with van der Waals surface area (Å²) in [5.41, 5.74) is 6.67. The lowest BCUT2D eigenvalue weighted by Crippen LogP contribution is -2.44. The highest BCUT2D eigenvalue weighted by atomic mass is 35.5. The molecule has 0 amide bonds. The molecule has 0 saturated carbocycles. The average molecular weight is 486 g/mol. The molecule has 0 spiro atoms. The molecule has 3 aromatic heterocycles. The van der Waals surface area contributed by atoms with Gasteiger partial charge in [-0.25, -0.2) is 9.97 Å². The fraction of sp³-hybridized carbons (Fsp3) is 0.250. The lowest BCUT2D eigenvalue weighted by Gasteiger charge is -2.33. The van der Waals surface area contributed by atoms with E-state index in [1.165, 1.54) is 6.08 Å². The number of carbonyl (C=O) groups excluding carboxylic acids is 1. The van der Waals surface area contributed by atoms with Gasteiger partial charge >= 0.3 is 0 Å². The zero-order chi connectivity index (χ0) is 24.5. The van der Waals surface area contributed by atoms with Crippen LogP contribution >= 0.6 is 11.6 Å². The van der Waals surface area contributed by atoms with Gasteiger partial charge in [0.05, 0.1) is 10.7 Å². The number of nitrogens with one attached hydrogen (secondary N) is 1. The molecule has 1 aliphatic rings. The lowest BCUT2D eigenvalue weighted by atomic mass is 9.94. The highest BCUT2D eigenvalue weighted by molar-refractivity contribution is 6.36. The number of hydrogen-bond acceptors (Lipinski definition) is 5. The van der Waals surface area contributed by atoms with E-state index in [-0.39, 0.29) is 5.78 Å². The van der Waals surface area contributed by atoms with E-state index in [0.29, 0.717) is 11.4 Å². The van der Waals surface area contributed by atoms with Gasteiger partial charge < -0.3 is 14.8 Å². The molecular formula is C28H28ClN5O. The van der Waals surface area contributed by atoms with E-state index < -0.39 is 0 Å². The van der Waals surface area contributed by atoms with Crippen LogP contribution in [0.4, 0.5) is 5.82 Å². The molecular weight excluding hydrogens is 458 g/mol. The third-order valence-corrected chi connectivity index (χ3v) is 7.05. The minimum atomic E-state index is -0.00458. The van der Waals surface area contributed by atoms with Crippen molar-refractivity contribution in [2.24, 2.45) is 0 Å². The number of fused-ring (bicyclic) bond motifs is 1. The zero-order valence-electron chi connectivity index (χ0n) is 20.0. The minimum absolute atomic E-state index is 0.00458. The Balaban J connectivity index is 1.66. The fourth-order valence-electron chi connectivity index (χ4n) is 4.64. The van der Waals surface area contributed by atoms with Gasteiger partial charge in [-0.05, 0) is 54.9 Å². The predicted molar refractivity (Wildman–Crippen MR) is 143 cm³/mol. The molecule has 7 heteroatoms. The zero-order valence-corrected chi connectivity index (χ0v) is 20.8. The van der Waals surface area contributed by atoms with Crippen LogP contribution < -0.4 is 4.90 Å². The summed E-state index contributed by atoms with van der Waals surface area (Å²) in [6.45, 7) is 9.55. The normalized spacial score (nSPS) is 14.4. The summed E-state index contributed by atoms with van der Waals surface area (Å²) in [6, 6.07) is 12.2. The molecule has 1 aliphatic heterocycles. The fourth-order valence-corrected chi connectivity index (χ4v) is 4.88. The molecule has 4 heterocycles. The number of likely N-dealkylation sites (N-methyl/N-ethyl adjacent to an activating group) is 1. The number of benzene rings is 1. The summed E-state index contributed by atoms with van der Waals surface area (Å²) in [6.07, 6.45) is 5.26. The highest BCUT2D eigenvalue weighted by Crippen LogP contribution is 2.41. The number of halogens is 1. The van der Waals surface area contributed by atoms with Crippen LogP contribution in [0.15, 0.2) is 61.4 Å². The van der Waals surface area contributed by atoms with E-state index in [9.17, 15) is 4.79 Å². The maximum Gasteiger partial charge on any atom is 0.159 e. The molecule has 0 aliphatic carbocycles. The van der Waals surface area contributed by atoms with Gasteiger partial charge in [0.25, 0.3) is 0 Å². The molecule has 0 radical (unpaired) electrons. The number of carbonyl (C=O) groups is 1. The van der Waals surface area contributed by atoms with Gasteiger partial charge in [0.2, 0.25) is 0 Å². The molecule has 178 valence electrons. The van der Waals surface area contributed by atoms with Crippen molar-refractivity contribution in [3.05, 3.63) is 77.6 Å². The van der Waals surface area contributed by atoms with Gasteiger partial charge in [0.1, 0.15) is 11.5 Å². The third-order valence-electron chi connectivity index (χ3n) is 6.74. The third kappa shape index (κ3) is 4.59. The Labute approximate surface area is 210 Å². The smallest absolute Gasteiger partial charge is 0.159 e. The van der Waals surface area contributed by atoms with Gasteiger partial charge in [-0.2, -0.15) is 0 Å². The average Bonchev–Trinajstić information content (AvgIpc) is 3.27. The largest absolute Gasteiger partial charge is 0.354 e. The first-order chi connectivity index (χ1) is 16.9. The van der Waals surface area contributed by atoms with E-state index in [4.69, 9.17) is 11.6 Å². The van der Waals surface area contributed by atoms with Gasteiger partial charge in [-0.3, -0.25) is 4.79 Å². The summed E-state index contributed by atoms with van der Waals surface area (Å²) < 4.78 is 0. The Bertz CT molecular complexity index is 1420. The second kappa shape index (κ2) is 9.64. The first kappa shape index (κ1) is 23.3. The van der Waals surface area contributed by atoms with Crippen molar-refractivity contribution < 1.29 is 4.79 Å². The highest BCUT2D eigenvalue weighted by Gasteiger charge is 2.21. The van der Waals surface area contributed by atoms with E-state index in [1.807, 2.05) is 25.3 Å². The Morgan fingerprint density at radius 3 is 2.63 bits per heavy atom. The van der Waals surface area contributed by atoms with Crippen LogP contribution in [0.2, 0.25) is 5.02 Å². The van der Waals surface area contributed by atoms with Gasteiger partial charge in [-0.1, -0.05) is 36.4 Å². The quantitative estimate of drug-likeness (QED) is 0.375. The van der Waals surface area contributed by atoms with Crippen LogP contribution in [-0.2, 0) is 11.2 Å². The van der Waals surface area contributed by atoms with Crippen LogP contribution in [0.5, 0.6) is 0 Å². The molecule has 0 atom stereocenters. The Morgan fingerprint density at radius 2 is 1.86 bits per heavy atom. The maximum atomic E-state index is 12.1. The van der Waals surface area contributed by atoms with Crippen LogP contribution in [0, 0.1) is 6.92 Å². The maximum absolute atomic E-state index is 12.1. The molecule has 6 nitrogen and oxygen atoms in total. The van der Waals surface area contributed by atoms with Crippen LogP contribution in [-0.4, -0.2) is 58.9 Å². The SMILES string of the molecule is C=CC(=O)Cc1cc(-c2c(-c3ccnc(N4CCN(C)CC4)c3)[nH]c3nccc(Cl)c23)ccc1C. The van der Waals surface area contributed by atoms with Gasteiger partial charge in [0, 0.05) is 61.5 Å². The van der Waals surface area contributed by atoms with Gasteiger partial charge in [0.15, 0.2) is 5.78 Å². The van der Waals surface area contributed by atoms with Crippen molar-refractivity contribution in [3.8, 4) is 22.4 Å². The number of aryl methyl sites for hydroxylation is 1. The molecule has 4 aromatic rings. The predicted octanol–water partition coefficient (Wildman–Crippen LogP) is 5.30. The van der Waals surface area contributed by atoms with E-state index in [2.05, 4.69) is 62.6 Å². The number of allylic oxidation sites excluding steroid dienone is 1. The minimum Gasteiger partial charge on any atom is -0.354 e. The number of pyridine rings is 2. The second-order valence-electron chi connectivity index (χ2n) is 9.07. The second-order valence-corrected chi connectivity index (χ2v) is 9.48. The van der Waals surface area contributed by atoms with Crippen LogP contribution in [0.25, 0.3) is 33.4 Å². The van der Waals surface area contributed by atoms with Crippen molar-refractivity contribution in [1.82, 2.24) is 19.9 Å². The number of ketones is 1. The molecule has 1 aromatic carbocycles. The van der Waals surface area contributed by atoms with Crippen LogP contribution in [0.1, 0.15) is 11.1 Å². The monoisotopic (exact) mass is 485 g/mol. The number of hydrogen-bond donors (Lipinski definition) is 1. The Kier molecular flexibility index (Phi) is 6.41. The summed E-state index contributed by atoms with van der Waals surface area (Å²) in [4.78, 5) is 29.5. The molecule has 35 heavy (non-hydrogen) atoms. The number of nitrogens with zero attached hydrogens (tertiary/aromatic N) is 4. The van der Waals surface area contributed by atoms with Crippen molar-refractivity contribution in [2.75, 3.05) is 38.1 Å². The molecule has 1 N–H and O–H groups in total. The molecule has 5 rings (SSSR count). The number of aromatic nitrogens is 3. The van der Waals surface area contributed by atoms with E-state index in [0.717, 1.165) is 76.5 Å². The molecule has 0 unspecified atom stereocenters. The van der Waals surface area contributed by atoms with Crippen molar-refractivity contribution >= 4 is 34.2 Å². The molecule has 1 fully saturated rings. The summed E-state index contributed by atoms with van der Waals surface area (Å²) >= 11 is 6.70. The Morgan fingerprint density at radius 1 is 1.09 bits per heavy atom. The standard InChI is InChI=1S/C28H28ClN5O/c1-4-22(35)16-21-15-19(6-5-18(21)2)25-26-23(29)8-10-31-28(26)32-27(25)20-7-9-30-24(17-20)34-13-11-33(3)12-14-34/h4-10,15,17H,1,11-14,16H2,2-3H3,(H,31,32). The van der Waals surface area contributed by atoms with Crippen LogP contribution in [0.3, 0.4) is 0 Å². The lowest BCUT2D eigenvalue weighted by molar-refractivity contribution is -0.114. The van der Waals surface area contributed by atoms with E-state index in [1.54, 1.807) is 6.20 Å². The number of aromatic amines is 1. The summed E-state index contributed by atoms with van der Waals surface area (Å²) in [5, 5.41) is 1.50. The first-order valence-electron chi connectivity index (χ1n) is 11.8. The summed E-state index contributed by atoms with van der Waals surface area (Å²) in [5.74, 6) is 0.954. The van der Waals surface area contributed by atoms with E-state index >= 15 is 0 Å². The summed E-state index contributed by atoms with van der Waals surface area (Å²) in [7, 11) is 2.15.